The lowest BCUT2D eigenvalue weighted by Crippen LogP contribution is -2.67. The van der Waals surface area contributed by atoms with Gasteiger partial charge in [-0.15, -0.1) is 0 Å². The topological polar surface area (TPSA) is 44.8 Å². The van der Waals surface area contributed by atoms with Crippen LogP contribution in [-0.2, 0) is 9.53 Å². The van der Waals surface area contributed by atoms with Crippen LogP contribution >= 0.6 is 0 Å². The molecule has 22 heavy (non-hydrogen) atoms. The average molecular weight is 302 g/mol. The number of hydrogen-bond donors (Lipinski definition) is 0. The van der Waals surface area contributed by atoms with Crippen LogP contribution < -0.4 is 9.47 Å². The van der Waals surface area contributed by atoms with Gasteiger partial charge in [0.15, 0.2) is 11.5 Å². The Bertz CT molecular complexity index is 560. The van der Waals surface area contributed by atoms with Crippen LogP contribution in [0.15, 0.2) is 24.3 Å². The van der Waals surface area contributed by atoms with E-state index in [-0.39, 0.29) is 11.9 Å². The molecule has 0 aromatic heterocycles. The molecule has 0 saturated heterocycles. The molecule has 0 N–H and O–H groups in total. The number of esters is 1. The van der Waals surface area contributed by atoms with E-state index in [9.17, 15) is 4.79 Å². The van der Waals surface area contributed by atoms with Crippen LogP contribution in [0.3, 0.4) is 0 Å². The molecule has 4 heteroatoms. The van der Waals surface area contributed by atoms with Gasteiger partial charge >= 0.3 is 5.97 Å². The molecule has 1 heterocycles. The molecule has 118 valence electrons. The van der Waals surface area contributed by atoms with E-state index < -0.39 is 11.2 Å². The fraction of sp³-hybridized carbons (Fsp3) is 0.611. The quantitative estimate of drug-likeness (QED) is 0.782. The van der Waals surface area contributed by atoms with Gasteiger partial charge in [-0.1, -0.05) is 25.0 Å². The molecule has 2 saturated carbocycles. The number of rotatable bonds is 2. The van der Waals surface area contributed by atoms with Gasteiger partial charge in [-0.05, 0) is 44.7 Å². The number of carbonyl (C=O) groups excluding carboxylic acids is 1. The summed E-state index contributed by atoms with van der Waals surface area (Å²) >= 11 is 0. The SMILES string of the molecule is CCOC(=O)C12CCCC(CCC1)C21Oc2ccccc2O1. The van der Waals surface area contributed by atoms with Crippen LogP contribution in [0.2, 0.25) is 0 Å². The first-order valence-electron chi connectivity index (χ1n) is 8.36. The highest BCUT2D eigenvalue weighted by molar-refractivity contribution is 5.79. The molecule has 1 aromatic carbocycles. The molecule has 2 fully saturated rings. The summed E-state index contributed by atoms with van der Waals surface area (Å²) in [6.07, 6.45) is 5.75. The average Bonchev–Trinajstić information content (AvgIpc) is 2.86. The molecule has 4 rings (SSSR count). The lowest BCUT2D eigenvalue weighted by atomic mass is 9.57. The van der Waals surface area contributed by atoms with E-state index in [2.05, 4.69) is 0 Å². The van der Waals surface area contributed by atoms with E-state index in [0.717, 1.165) is 50.0 Å². The summed E-state index contributed by atoms with van der Waals surface area (Å²) in [7, 11) is 0. The van der Waals surface area contributed by atoms with Gasteiger partial charge in [-0.2, -0.15) is 0 Å². The molecule has 2 aliphatic carbocycles. The van der Waals surface area contributed by atoms with Crippen molar-refractivity contribution in [3.63, 3.8) is 0 Å². The van der Waals surface area contributed by atoms with Crippen molar-refractivity contribution in [1.29, 1.82) is 0 Å². The predicted octanol–water partition coefficient (Wildman–Crippen LogP) is 3.69. The molecule has 0 radical (unpaired) electrons. The molecular formula is C18H22O4. The summed E-state index contributed by atoms with van der Waals surface area (Å²) in [5.41, 5.74) is -0.663. The van der Waals surface area contributed by atoms with Gasteiger partial charge in [-0.25, -0.2) is 0 Å². The minimum atomic E-state index is -0.862. The predicted molar refractivity (Wildman–Crippen MR) is 80.7 cm³/mol. The molecule has 0 unspecified atom stereocenters. The van der Waals surface area contributed by atoms with Gasteiger partial charge in [0.2, 0.25) is 0 Å². The Kier molecular flexibility index (Phi) is 3.10. The Morgan fingerprint density at radius 1 is 1.18 bits per heavy atom. The Hall–Kier alpha value is -1.71. The summed E-state index contributed by atoms with van der Waals surface area (Å²) in [5.74, 6) is 0.758. The van der Waals surface area contributed by atoms with Gasteiger partial charge in [0.25, 0.3) is 5.79 Å². The van der Waals surface area contributed by atoms with Crippen LogP contribution in [0.1, 0.15) is 45.4 Å². The van der Waals surface area contributed by atoms with Gasteiger partial charge < -0.3 is 14.2 Å². The Morgan fingerprint density at radius 3 is 2.32 bits per heavy atom. The van der Waals surface area contributed by atoms with Crippen molar-refractivity contribution in [2.75, 3.05) is 6.61 Å². The lowest BCUT2D eigenvalue weighted by molar-refractivity contribution is -0.257. The molecule has 1 spiro atoms. The number of fused-ring (bicyclic) bond motifs is 1. The number of carbonyl (C=O) groups is 1. The first-order chi connectivity index (χ1) is 10.7. The van der Waals surface area contributed by atoms with E-state index in [4.69, 9.17) is 14.2 Å². The Balaban J connectivity index is 1.80. The zero-order valence-corrected chi connectivity index (χ0v) is 13.0. The number of benzene rings is 1. The Morgan fingerprint density at radius 2 is 1.77 bits per heavy atom. The summed E-state index contributed by atoms with van der Waals surface area (Å²) < 4.78 is 18.1. The van der Waals surface area contributed by atoms with Crippen LogP contribution in [-0.4, -0.2) is 18.4 Å². The monoisotopic (exact) mass is 302 g/mol. The molecule has 0 amide bonds. The maximum absolute atomic E-state index is 12.9. The standard InChI is InChI=1S/C18H22O4/c1-2-20-16(19)17-11-5-7-13(8-6-12-17)18(17)21-14-9-3-4-10-15(14)22-18/h3-4,9-10,13H,2,5-8,11-12H2,1H3. The lowest BCUT2D eigenvalue weighted by Gasteiger charge is -2.54. The van der Waals surface area contributed by atoms with Crippen molar-refractivity contribution < 1.29 is 19.0 Å². The minimum Gasteiger partial charge on any atom is -0.465 e. The molecule has 1 aliphatic heterocycles. The summed E-state index contributed by atoms with van der Waals surface area (Å²) in [4.78, 5) is 12.9. The summed E-state index contributed by atoms with van der Waals surface area (Å²) in [5, 5.41) is 0. The van der Waals surface area contributed by atoms with Crippen molar-refractivity contribution in [3.05, 3.63) is 24.3 Å². The Labute approximate surface area is 130 Å². The zero-order valence-electron chi connectivity index (χ0n) is 13.0. The van der Waals surface area contributed by atoms with Crippen molar-refractivity contribution in [2.45, 2.75) is 51.2 Å². The third kappa shape index (κ3) is 1.67. The number of hydrogen-bond acceptors (Lipinski definition) is 4. The number of para-hydroxylation sites is 2. The normalized spacial score (nSPS) is 31.0. The van der Waals surface area contributed by atoms with Crippen LogP contribution in [0.4, 0.5) is 0 Å². The molecule has 4 nitrogen and oxygen atoms in total. The van der Waals surface area contributed by atoms with E-state index in [1.165, 1.54) is 0 Å². The van der Waals surface area contributed by atoms with Crippen LogP contribution in [0.5, 0.6) is 11.5 Å². The van der Waals surface area contributed by atoms with E-state index in [0.29, 0.717) is 6.61 Å². The molecule has 3 aliphatic rings. The summed E-state index contributed by atoms with van der Waals surface area (Å²) in [6.45, 7) is 2.25. The molecule has 2 bridgehead atoms. The minimum absolute atomic E-state index is 0.146. The largest absolute Gasteiger partial charge is 0.465 e. The second kappa shape index (κ2) is 4.90. The van der Waals surface area contributed by atoms with Gasteiger partial charge in [0, 0.05) is 5.92 Å². The fourth-order valence-electron chi connectivity index (χ4n) is 4.63. The highest BCUT2D eigenvalue weighted by Gasteiger charge is 2.70. The third-order valence-electron chi connectivity index (χ3n) is 5.56. The zero-order chi connectivity index (χ0) is 15.2. The number of ether oxygens (including phenoxy) is 3. The maximum atomic E-state index is 12.9. The first-order valence-corrected chi connectivity index (χ1v) is 8.36. The molecular weight excluding hydrogens is 280 g/mol. The van der Waals surface area contributed by atoms with Crippen molar-refractivity contribution in [1.82, 2.24) is 0 Å². The second-order valence-corrected chi connectivity index (χ2v) is 6.60. The van der Waals surface area contributed by atoms with Crippen LogP contribution in [0.25, 0.3) is 0 Å². The highest BCUT2D eigenvalue weighted by Crippen LogP contribution is 2.61. The van der Waals surface area contributed by atoms with Gasteiger partial charge in [0.05, 0.1) is 6.61 Å². The first kappa shape index (κ1) is 13.9. The van der Waals surface area contributed by atoms with E-state index in [1.807, 2.05) is 31.2 Å². The third-order valence-corrected chi connectivity index (χ3v) is 5.56. The smallest absolute Gasteiger partial charge is 0.320 e. The summed E-state index contributed by atoms with van der Waals surface area (Å²) in [6, 6.07) is 7.73. The van der Waals surface area contributed by atoms with Crippen LogP contribution in [0, 0.1) is 11.3 Å². The molecule has 0 atom stereocenters. The van der Waals surface area contributed by atoms with E-state index in [1.54, 1.807) is 0 Å². The van der Waals surface area contributed by atoms with Gasteiger partial charge in [0.1, 0.15) is 5.41 Å². The highest BCUT2D eigenvalue weighted by atomic mass is 16.7. The maximum Gasteiger partial charge on any atom is 0.320 e. The van der Waals surface area contributed by atoms with Crippen molar-refractivity contribution in [3.8, 4) is 11.5 Å². The fourth-order valence-corrected chi connectivity index (χ4v) is 4.63. The van der Waals surface area contributed by atoms with E-state index >= 15 is 0 Å². The van der Waals surface area contributed by atoms with Crippen molar-refractivity contribution in [2.24, 2.45) is 11.3 Å². The second-order valence-electron chi connectivity index (χ2n) is 6.60. The van der Waals surface area contributed by atoms with Gasteiger partial charge in [-0.3, -0.25) is 4.79 Å². The van der Waals surface area contributed by atoms with Crippen molar-refractivity contribution >= 4 is 5.97 Å². The molecule has 1 aromatic rings.